The van der Waals surface area contributed by atoms with E-state index in [-0.39, 0.29) is 5.91 Å². The molecular weight excluding hydrogens is 204 g/mol. The van der Waals surface area contributed by atoms with Crippen molar-refractivity contribution < 1.29 is 9.53 Å². The molecule has 0 aromatic rings. The van der Waals surface area contributed by atoms with Gasteiger partial charge in [0.05, 0.1) is 6.61 Å². The molecule has 1 aliphatic heterocycles. The lowest BCUT2D eigenvalue weighted by Gasteiger charge is -2.27. The molecule has 1 unspecified atom stereocenters. The maximum Gasteiger partial charge on any atom is 0.223 e. The number of hydrogen-bond donors (Lipinski definition) is 1. The minimum absolute atomic E-state index is 0.289. The van der Waals surface area contributed by atoms with Crippen LogP contribution in [0.5, 0.6) is 0 Å². The van der Waals surface area contributed by atoms with Crippen LogP contribution in [0.1, 0.15) is 32.6 Å². The van der Waals surface area contributed by atoms with Gasteiger partial charge in [-0.25, -0.2) is 0 Å². The molecule has 1 aliphatic rings. The number of methoxy groups -OCH3 is 1. The highest BCUT2D eigenvalue weighted by atomic mass is 16.5. The Morgan fingerprint density at radius 3 is 2.69 bits per heavy atom. The van der Waals surface area contributed by atoms with E-state index >= 15 is 0 Å². The van der Waals surface area contributed by atoms with Crippen LogP contribution in [0.2, 0.25) is 0 Å². The van der Waals surface area contributed by atoms with E-state index in [4.69, 9.17) is 4.74 Å². The van der Waals surface area contributed by atoms with Crippen LogP contribution in [-0.4, -0.2) is 50.2 Å². The molecule has 4 heteroatoms. The van der Waals surface area contributed by atoms with Gasteiger partial charge in [0.2, 0.25) is 5.91 Å². The zero-order valence-corrected chi connectivity index (χ0v) is 10.5. The van der Waals surface area contributed by atoms with Crippen LogP contribution in [0.15, 0.2) is 0 Å². The molecule has 0 radical (unpaired) electrons. The van der Waals surface area contributed by atoms with Crippen LogP contribution >= 0.6 is 0 Å². The van der Waals surface area contributed by atoms with E-state index in [0.717, 1.165) is 19.6 Å². The molecule has 94 valence electrons. The topological polar surface area (TPSA) is 41.6 Å². The van der Waals surface area contributed by atoms with Gasteiger partial charge in [0.1, 0.15) is 0 Å². The third-order valence-electron chi connectivity index (χ3n) is 2.96. The molecule has 1 rings (SSSR count). The Kier molecular flexibility index (Phi) is 6.42. The predicted octanol–water partition coefficient (Wildman–Crippen LogP) is 1.01. The predicted molar refractivity (Wildman–Crippen MR) is 64.4 cm³/mol. The summed E-state index contributed by atoms with van der Waals surface area (Å²) in [6.07, 6.45) is 4.21. The van der Waals surface area contributed by atoms with Crippen LogP contribution in [0.4, 0.5) is 0 Å². The van der Waals surface area contributed by atoms with E-state index in [1.165, 1.54) is 19.3 Å². The summed E-state index contributed by atoms with van der Waals surface area (Å²) in [6.45, 7) is 5.41. The summed E-state index contributed by atoms with van der Waals surface area (Å²) in [5, 5.41) is 3.28. The highest BCUT2D eigenvalue weighted by molar-refractivity contribution is 5.76. The Hall–Kier alpha value is -0.610. The van der Waals surface area contributed by atoms with Crippen molar-refractivity contribution in [2.75, 3.05) is 33.4 Å². The lowest BCUT2D eigenvalue weighted by molar-refractivity contribution is -0.132. The van der Waals surface area contributed by atoms with Gasteiger partial charge in [-0.1, -0.05) is 0 Å². The second-order valence-corrected chi connectivity index (χ2v) is 4.50. The van der Waals surface area contributed by atoms with E-state index in [1.54, 1.807) is 7.11 Å². The van der Waals surface area contributed by atoms with Crippen LogP contribution in [0.3, 0.4) is 0 Å². The fourth-order valence-electron chi connectivity index (χ4n) is 2.04. The van der Waals surface area contributed by atoms with Crippen LogP contribution in [0, 0.1) is 0 Å². The van der Waals surface area contributed by atoms with Crippen molar-refractivity contribution in [2.45, 2.75) is 38.6 Å². The molecule has 0 bridgehead atoms. The SMILES string of the molecule is COCC(C)NCCC(=O)N1CCCCC1. The summed E-state index contributed by atoms with van der Waals surface area (Å²) in [5.74, 6) is 0.289. The zero-order valence-electron chi connectivity index (χ0n) is 10.5. The Morgan fingerprint density at radius 2 is 2.06 bits per heavy atom. The lowest BCUT2D eigenvalue weighted by Crippen LogP contribution is -2.38. The maximum absolute atomic E-state index is 11.8. The molecule has 1 amide bonds. The van der Waals surface area contributed by atoms with Gasteiger partial charge in [-0.05, 0) is 26.2 Å². The van der Waals surface area contributed by atoms with Gasteiger partial charge in [-0.15, -0.1) is 0 Å². The Bertz CT molecular complexity index is 203. The van der Waals surface area contributed by atoms with Gasteiger partial charge in [-0.3, -0.25) is 4.79 Å². The van der Waals surface area contributed by atoms with E-state index in [2.05, 4.69) is 12.2 Å². The molecule has 1 saturated heterocycles. The molecule has 0 aliphatic carbocycles. The van der Waals surface area contributed by atoms with Gasteiger partial charge in [-0.2, -0.15) is 0 Å². The van der Waals surface area contributed by atoms with Crippen molar-refractivity contribution in [3.05, 3.63) is 0 Å². The first-order valence-electron chi connectivity index (χ1n) is 6.24. The maximum atomic E-state index is 11.8. The minimum Gasteiger partial charge on any atom is -0.383 e. The first-order valence-corrected chi connectivity index (χ1v) is 6.24. The number of piperidine rings is 1. The fraction of sp³-hybridized carbons (Fsp3) is 0.917. The van der Waals surface area contributed by atoms with E-state index < -0.39 is 0 Å². The number of likely N-dealkylation sites (tertiary alicyclic amines) is 1. The van der Waals surface area contributed by atoms with E-state index in [9.17, 15) is 4.79 Å². The Labute approximate surface area is 98.3 Å². The summed E-state index contributed by atoms with van der Waals surface area (Å²) in [5.41, 5.74) is 0. The number of ether oxygens (including phenoxy) is 1. The quantitative estimate of drug-likeness (QED) is 0.738. The highest BCUT2D eigenvalue weighted by Gasteiger charge is 2.15. The lowest BCUT2D eigenvalue weighted by atomic mass is 10.1. The van der Waals surface area contributed by atoms with Gasteiger partial charge in [0.25, 0.3) is 0 Å². The highest BCUT2D eigenvalue weighted by Crippen LogP contribution is 2.09. The van der Waals surface area contributed by atoms with Crippen LogP contribution < -0.4 is 5.32 Å². The van der Waals surface area contributed by atoms with Crippen molar-refractivity contribution in [3.8, 4) is 0 Å². The van der Waals surface area contributed by atoms with Crippen molar-refractivity contribution in [2.24, 2.45) is 0 Å². The third kappa shape index (κ3) is 4.94. The van der Waals surface area contributed by atoms with Crippen molar-refractivity contribution in [1.82, 2.24) is 10.2 Å². The van der Waals surface area contributed by atoms with Gasteiger partial charge in [0.15, 0.2) is 0 Å². The largest absolute Gasteiger partial charge is 0.383 e. The molecule has 1 atom stereocenters. The average Bonchev–Trinajstić information content (AvgIpc) is 2.30. The first-order chi connectivity index (χ1) is 7.74. The van der Waals surface area contributed by atoms with Crippen molar-refractivity contribution in [3.63, 3.8) is 0 Å². The normalized spacial score (nSPS) is 18.5. The number of nitrogens with zero attached hydrogens (tertiary/aromatic N) is 1. The monoisotopic (exact) mass is 228 g/mol. The standard InChI is InChI=1S/C12H24N2O2/c1-11(10-16-2)13-7-6-12(15)14-8-4-3-5-9-14/h11,13H,3-10H2,1-2H3. The minimum atomic E-state index is 0.289. The molecule has 0 aromatic heterocycles. The molecule has 1 N–H and O–H groups in total. The number of hydrogen-bond acceptors (Lipinski definition) is 3. The van der Waals surface area contributed by atoms with Gasteiger partial charge in [0, 0.05) is 39.2 Å². The number of rotatable bonds is 6. The summed E-state index contributed by atoms with van der Waals surface area (Å²) in [7, 11) is 1.69. The Balaban J connectivity index is 2.09. The van der Waals surface area contributed by atoms with Gasteiger partial charge < -0.3 is 15.0 Å². The van der Waals surface area contributed by atoms with Gasteiger partial charge >= 0.3 is 0 Å². The van der Waals surface area contributed by atoms with E-state index in [0.29, 0.717) is 19.1 Å². The molecule has 16 heavy (non-hydrogen) atoms. The summed E-state index contributed by atoms with van der Waals surface area (Å²) in [4.78, 5) is 13.8. The molecule has 1 fully saturated rings. The van der Waals surface area contributed by atoms with Crippen LogP contribution in [0.25, 0.3) is 0 Å². The third-order valence-corrected chi connectivity index (χ3v) is 2.96. The number of carbonyl (C=O) groups excluding carboxylic acids is 1. The number of carbonyl (C=O) groups is 1. The second-order valence-electron chi connectivity index (χ2n) is 4.50. The van der Waals surface area contributed by atoms with Crippen molar-refractivity contribution in [1.29, 1.82) is 0 Å². The summed E-state index contributed by atoms with van der Waals surface area (Å²) in [6, 6.07) is 0.319. The average molecular weight is 228 g/mol. The molecule has 4 nitrogen and oxygen atoms in total. The van der Waals surface area contributed by atoms with Crippen LogP contribution in [-0.2, 0) is 9.53 Å². The zero-order chi connectivity index (χ0) is 11.8. The Morgan fingerprint density at radius 1 is 1.38 bits per heavy atom. The summed E-state index contributed by atoms with van der Waals surface area (Å²) >= 11 is 0. The summed E-state index contributed by atoms with van der Waals surface area (Å²) < 4.78 is 5.02. The second kappa shape index (κ2) is 7.63. The fourth-order valence-corrected chi connectivity index (χ4v) is 2.04. The molecule has 0 spiro atoms. The molecule has 1 heterocycles. The van der Waals surface area contributed by atoms with E-state index in [1.807, 2.05) is 4.90 Å². The van der Waals surface area contributed by atoms with Crippen molar-refractivity contribution >= 4 is 5.91 Å². The molecular formula is C12H24N2O2. The number of amides is 1. The first kappa shape index (κ1) is 13.5. The smallest absolute Gasteiger partial charge is 0.223 e. The molecule has 0 aromatic carbocycles. The number of nitrogens with one attached hydrogen (secondary N) is 1. The molecule has 0 saturated carbocycles.